The second-order valence-corrected chi connectivity index (χ2v) is 9.84. The van der Waals surface area contributed by atoms with Crippen LogP contribution in [0.2, 0.25) is 13.1 Å². The van der Waals surface area contributed by atoms with E-state index < -0.39 is 8.07 Å². The van der Waals surface area contributed by atoms with Gasteiger partial charge in [-0.2, -0.15) is 0 Å². The maximum atomic E-state index is 11.7. The standard InChI is InChI=1S/C15H22OSi/c1-13(2)12-14(16)10-11-17(3,4)15-8-6-5-7-9-15/h5-11,13H,12H2,1-4H3/b11-10+. The molecule has 1 aromatic rings. The highest BCUT2D eigenvalue weighted by Crippen LogP contribution is 2.07. The minimum Gasteiger partial charge on any atom is -0.295 e. The van der Waals surface area contributed by atoms with Crippen molar-refractivity contribution < 1.29 is 4.79 Å². The van der Waals surface area contributed by atoms with Crippen LogP contribution < -0.4 is 5.19 Å². The molecule has 0 heterocycles. The molecule has 0 unspecified atom stereocenters. The Bertz CT molecular complexity index is 391. The van der Waals surface area contributed by atoms with Gasteiger partial charge in [0.2, 0.25) is 0 Å². The number of hydrogen-bond acceptors (Lipinski definition) is 1. The average Bonchev–Trinajstić information content (AvgIpc) is 2.27. The minimum absolute atomic E-state index is 0.247. The van der Waals surface area contributed by atoms with Crippen LogP contribution in [0.5, 0.6) is 0 Å². The minimum atomic E-state index is -1.59. The van der Waals surface area contributed by atoms with Gasteiger partial charge in [-0.3, -0.25) is 4.79 Å². The fourth-order valence-electron chi connectivity index (χ4n) is 1.74. The molecule has 92 valence electrons. The topological polar surface area (TPSA) is 17.1 Å². The third-order valence-electron chi connectivity index (χ3n) is 2.81. The first-order chi connectivity index (χ1) is 7.92. The number of benzene rings is 1. The van der Waals surface area contributed by atoms with E-state index in [1.807, 2.05) is 6.07 Å². The molecule has 0 saturated heterocycles. The predicted octanol–water partition coefficient (Wildman–Crippen LogP) is 3.31. The van der Waals surface area contributed by atoms with Gasteiger partial charge >= 0.3 is 0 Å². The Hall–Kier alpha value is -1.15. The molecule has 1 aromatic carbocycles. The van der Waals surface area contributed by atoms with E-state index in [0.717, 1.165) is 0 Å². The van der Waals surface area contributed by atoms with Gasteiger partial charge in [0.05, 0.1) is 0 Å². The number of hydrogen-bond donors (Lipinski definition) is 0. The summed E-state index contributed by atoms with van der Waals surface area (Å²) in [5.41, 5.74) is 2.15. The fourth-order valence-corrected chi connectivity index (χ4v) is 3.58. The lowest BCUT2D eigenvalue weighted by atomic mass is 10.1. The molecule has 2 heteroatoms. The van der Waals surface area contributed by atoms with Crippen molar-refractivity contribution in [2.24, 2.45) is 5.92 Å². The first kappa shape index (κ1) is 13.9. The quantitative estimate of drug-likeness (QED) is 0.575. The van der Waals surface area contributed by atoms with E-state index >= 15 is 0 Å². The second kappa shape index (κ2) is 5.96. The van der Waals surface area contributed by atoms with Crippen LogP contribution in [0.25, 0.3) is 0 Å². The molecule has 0 atom stereocenters. The zero-order valence-electron chi connectivity index (χ0n) is 11.2. The Balaban J connectivity index is 2.73. The Morgan fingerprint density at radius 2 is 1.82 bits per heavy atom. The van der Waals surface area contributed by atoms with Gasteiger partial charge in [-0.1, -0.05) is 68.2 Å². The summed E-state index contributed by atoms with van der Waals surface area (Å²) in [5, 5.41) is 1.37. The Morgan fingerprint density at radius 1 is 1.24 bits per heavy atom. The van der Waals surface area contributed by atoms with Gasteiger partial charge in [0, 0.05) is 6.42 Å². The molecule has 0 amide bonds. The van der Waals surface area contributed by atoms with Gasteiger partial charge in [-0.25, -0.2) is 0 Å². The lowest BCUT2D eigenvalue weighted by Gasteiger charge is -2.18. The lowest BCUT2D eigenvalue weighted by Crippen LogP contribution is -2.39. The summed E-state index contributed by atoms with van der Waals surface area (Å²) in [5.74, 6) is 0.685. The maximum Gasteiger partial charge on any atom is 0.155 e. The smallest absolute Gasteiger partial charge is 0.155 e. The number of carbonyl (C=O) groups excluding carboxylic acids is 1. The lowest BCUT2D eigenvalue weighted by molar-refractivity contribution is -0.115. The summed E-state index contributed by atoms with van der Waals surface area (Å²) in [6, 6.07) is 10.5. The van der Waals surface area contributed by atoms with Crippen LogP contribution in [0, 0.1) is 5.92 Å². The van der Waals surface area contributed by atoms with Crippen LogP contribution >= 0.6 is 0 Å². The molecule has 1 nitrogen and oxygen atoms in total. The molecule has 0 spiro atoms. The number of rotatable bonds is 5. The van der Waals surface area contributed by atoms with Gasteiger partial charge < -0.3 is 0 Å². The molecule has 0 bridgehead atoms. The van der Waals surface area contributed by atoms with E-state index in [9.17, 15) is 4.79 Å². The van der Waals surface area contributed by atoms with Crippen molar-refractivity contribution in [3.8, 4) is 0 Å². The van der Waals surface area contributed by atoms with Gasteiger partial charge in [-0.15, -0.1) is 0 Å². The SMILES string of the molecule is CC(C)CC(=O)/C=C/[Si](C)(C)c1ccccc1. The number of allylic oxidation sites excluding steroid dienone is 1. The summed E-state index contributed by atoms with van der Waals surface area (Å²) in [7, 11) is -1.59. The third kappa shape index (κ3) is 4.69. The van der Waals surface area contributed by atoms with Crippen molar-refractivity contribution in [1.82, 2.24) is 0 Å². The van der Waals surface area contributed by atoms with Crippen LogP contribution in [0.1, 0.15) is 20.3 Å². The molecule has 0 aromatic heterocycles. The molecule has 0 aliphatic carbocycles. The predicted molar refractivity (Wildman–Crippen MR) is 77.2 cm³/mol. The highest BCUT2D eigenvalue weighted by atomic mass is 28.3. The monoisotopic (exact) mass is 246 g/mol. The van der Waals surface area contributed by atoms with E-state index in [2.05, 4.69) is 56.9 Å². The van der Waals surface area contributed by atoms with Gasteiger partial charge in [0.15, 0.2) is 5.78 Å². The van der Waals surface area contributed by atoms with Crippen LogP contribution in [0.15, 0.2) is 42.1 Å². The Morgan fingerprint density at radius 3 is 2.35 bits per heavy atom. The molecule has 1 rings (SSSR count). The summed E-state index contributed by atoms with van der Waals surface area (Å²) in [6.45, 7) is 8.68. The summed E-state index contributed by atoms with van der Waals surface area (Å²) in [4.78, 5) is 11.7. The molecule has 17 heavy (non-hydrogen) atoms. The average molecular weight is 246 g/mol. The van der Waals surface area contributed by atoms with Crippen LogP contribution in [0.3, 0.4) is 0 Å². The Labute approximate surface area is 106 Å². The van der Waals surface area contributed by atoms with Crippen LogP contribution in [0.4, 0.5) is 0 Å². The molecule has 0 aliphatic heterocycles. The first-order valence-electron chi connectivity index (χ1n) is 6.19. The van der Waals surface area contributed by atoms with Gasteiger partial charge in [0.25, 0.3) is 0 Å². The first-order valence-corrected chi connectivity index (χ1v) is 9.27. The molecule has 0 aliphatic rings. The highest BCUT2D eigenvalue weighted by Gasteiger charge is 2.19. The van der Waals surface area contributed by atoms with Crippen molar-refractivity contribution in [1.29, 1.82) is 0 Å². The summed E-state index contributed by atoms with van der Waals surface area (Å²) in [6.07, 6.45) is 2.44. The molecule has 0 radical (unpaired) electrons. The summed E-state index contributed by atoms with van der Waals surface area (Å²) < 4.78 is 0. The van der Waals surface area contributed by atoms with E-state index in [0.29, 0.717) is 12.3 Å². The normalized spacial score (nSPS) is 12.3. The van der Waals surface area contributed by atoms with Crippen molar-refractivity contribution in [2.45, 2.75) is 33.4 Å². The van der Waals surface area contributed by atoms with E-state index in [1.54, 1.807) is 6.08 Å². The Kier molecular flexibility index (Phi) is 4.88. The van der Waals surface area contributed by atoms with Crippen molar-refractivity contribution in [3.05, 3.63) is 42.1 Å². The van der Waals surface area contributed by atoms with Gasteiger partial charge in [-0.05, 0) is 12.0 Å². The highest BCUT2D eigenvalue weighted by molar-refractivity contribution is 6.94. The molecule has 0 fully saturated rings. The largest absolute Gasteiger partial charge is 0.295 e. The maximum absolute atomic E-state index is 11.7. The van der Waals surface area contributed by atoms with Gasteiger partial charge in [0.1, 0.15) is 8.07 Å². The molecule has 0 N–H and O–H groups in total. The molecular weight excluding hydrogens is 224 g/mol. The van der Waals surface area contributed by atoms with Crippen LogP contribution in [-0.4, -0.2) is 13.9 Å². The molecule has 0 saturated carbocycles. The van der Waals surface area contributed by atoms with Crippen molar-refractivity contribution in [3.63, 3.8) is 0 Å². The molecular formula is C15H22OSi. The number of ketones is 1. The van der Waals surface area contributed by atoms with Crippen molar-refractivity contribution in [2.75, 3.05) is 0 Å². The third-order valence-corrected chi connectivity index (χ3v) is 5.63. The van der Waals surface area contributed by atoms with E-state index in [4.69, 9.17) is 0 Å². The zero-order valence-corrected chi connectivity index (χ0v) is 12.2. The second-order valence-electron chi connectivity index (χ2n) is 5.49. The van der Waals surface area contributed by atoms with Crippen molar-refractivity contribution >= 4 is 19.0 Å². The van der Waals surface area contributed by atoms with Crippen LogP contribution in [-0.2, 0) is 4.79 Å². The van der Waals surface area contributed by atoms with E-state index in [1.165, 1.54) is 5.19 Å². The van der Waals surface area contributed by atoms with E-state index in [-0.39, 0.29) is 5.78 Å². The zero-order chi connectivity index (χ0) is 12.9. The summed E-state index contributed by atoms with van der Waals surface area (Å²) >= 11 is 0. The number of carbonyl (C=O) groups is 1. The fraction of sp³-hybridized carbons (Fsp3) is 0.400.